The normalized spacial score (nSPS) is 23.4. The van der Waals surface area contributed by atoms with E-state index in [2.05, 4.69) is 22.2 Å². The number of amides is 1. The van der Waals surface area contributed by atoms with Gasteiger partial charge in [-0.3, -0.25) is 19.7 Å². The maximum atomic E-state index is 13.4. The van der Waals surface area contributed by atoms with E-state index in [0.717, 1.165) is 12.5 Å². The highest BCUT2D eigenvalue weighted by Crippen LogP contribution is 2.37. The first-order valence-electron chi connectivity index (χ1n) is 9.96. The fraction of sp³-hybridized carbons (Fsp3) is 0.550. The third-order valence-corrected chi connectivity index (χ3v) is 5.58. The summed E-state index contributed by atoms with van der Waals surface area (Å²) in [7, 11) is 0. The van der Waals surface area contributed by atoms with Crippen molar-refractivity contribution < 1.29 is 23.1 Å². The molecule has 0 radical (unpaired) electrons. The van der Waals surface area contributed by atoms with Crippen LogP contribution in [0.2, 0.25) is 0 Å². The highest BCUT2D eigenvalue weighted by molar-refractivity contribution is 5.91. The quantitative estimate of drug-likeness (QED) is 0.779. The Morgan fingerprint density at radius 1 is 1.17 bits per heavy atom. The topological polar surface area (TPSA) is 81.6 Å². The number of carbonyl (C=O) groups excluding carboxylic acids is 1. The van der Waals surface area contributed by atoms with Crippen molar-refractivity contribution in [3.8, 4) is 0 Å². The molecule has 2 saturated heterocycles. The monoisotopic (exact) mass is 423 g/mol. The van der Waals surface area contributed by atoms with Gasteiger partial charge in [0.1, 0.15) is 11.0 Å². The molecule has 10 heteroatoms. The second-order valence-corrected chi connectivity index (χ2v) is 8.24. The predicted molar refractivity (Wildman–Crippen MR) is 105 cm³/mol. The van der Waals surface area contributed by atoms with Gasteiger partial charge in [-0.15, -0.1) is 0 Å². The second-order valence-electron chi connectivity index (χ2n) is 8.24. The molecule has 2 aliphatic rings. The molecule has 162 valence electrons. The molecule has 0 aliphatic carbocycles. The fourth-order valence-electron chi connectivity index (χ4n) is 4.33. The van der Waals surface area contributed by atoms with Crippen LogP contribution < -0.4 is 10.2 Å². The van der Waals surface area contributed by atoms with Crippen LogP contribution in [-0.2, 0) is 11.0 Å². The number of halogens is 3. The zero-order valence-corrected chi connectivity index (χ0v) is 16.6. The van der Waals surface area contributed by atoms with E-state index in [4.69, 9.17) is 0 Å². The number of likely N-dealkylation sites (tertiary alicyclic amines) is 1. The number of rotatable bonds is 4. The Kier molecular flexibility index (Phi) is 5.54. The van der Waals surface area contributed by atoms with Gasteiger partial charge >= 0.3 is 6.18 Å². The van der Waals surface area contributed by atoms with E-state index >= 15 is 0 Å². The molecule has 2 fully saturated rings. The van der Waals surface area contributed by atoms with Gasteiger partial charge in [0.15, 0.2) is 0 Å². The number of hydrogen-bond acceptors (Lipinski definition) is 6. The molecule has 1 aromatic heterocycles. The van der Waals surface area contributed by atoms with E-state index in [1.54, 1.807) is 0 Å². The van der Waals surface area contributed by atoms with Crippen LogP contribution >= 0.6 is 0 Å². The first kappa shape index (κ1) is 20.8. The Labute approximate surface area is 171 Å². The van der Waals surface area contributed by atoms with Crippen LogP contribution in [0.15, 0.2) is 24.5 Å². The molecule has 7 nitrogen and oxygen atoms in total. The molecule has 0 bridgehead atoms. The number of anilines is 1. The first-order valence-corrected chi connectivity index (χ1v) is 9.96. The molecular weight excluding hydrogens is 399 g/mol. The van der Waals surface area contributed by atoms with Crippen LogP contribution in [0.1, 0.15) is 18.9 Å². The zero-order chi connectivity index (χ0) is 21.5. The summed E-state index contributed by atoms with van der Waals surface area (Å²) in [6.07, 6.45) is -1.44. The molecule has 2 aliphatic heterocycles. The van der Waals surface area contributed by atoms with Gasteiger partial charge in [0, 0.05) is 44.6 Å². The third kappa shape index (κ3) is 4.34. The number of nitrogens with one attached hydrogen (secondary N) is 1. The number of aromatic nitrogens is 2. The largest absolute Gasteiger partial charge is 0.418 e. The summed E-state index contributed by atoms with van der Waals surface area (Å²) < 4.78 is 40.1. The van der Waals surface area contributed by atoms with Crippen molar-refractivity contribution in [1.29, 1.82) is 0 Å². The number of alkyl halides is 3. The number of fused-ring (bicyclic) bond motifs is 1. The average molecular weight is 423 g/mol. The van der Waals surface area contributed by atoms with Crippen molar-refractivity contribution >= 4 is 22.6 Å². The number of piperidine rings is 1. The molecule has 2 atom stereocenters. The van der Waals surface area contributed by atoms with Gasteiger partial charge < -0.3 is 15.3 Å². The lowest BCUT2D eigenvalue weighted by Gasteiger charge is -2.39. The predicted octanol–water partition coefficient (Wildman–Crippen LogP) is 1.66. The van der Waals surface area contributed by atoms with E-state index in [9.17, 15) is 23.1 Å². The van der Waals surface area contributed by atoms with Gasteiger partial charge in [0.05, 0.1) is 23.9 Å². The van der Waals surface area contributed by atoms with Crippen LogP contribution in [0.4, 0.5) is 18.9 Å². The van der Waals surface area contributed by atoms with Crippen LogP contribution in [0.3, 0.4) is 0 Å². The summed E-state index contributed by atoms with van der Waals surface area (Å²) in [6.45, 7) is 4.41. The third-order valence-electron chi connectivity index (χ3n) is 5.58. The molecule has 4 rings (SSSR count). The first-order chi connectivity index (χ1) is 14.2. The Balaban J connectivity index is 1.53. The molecule has 0 spiro atoms. The fourth-order valence-corrected chi connectivity index (χ4v) is 4.33. The van der Waals surface area contributed by atoms with Crippen molar-refractivity contribution in [3.05, 3.63) is 30.1 Å². The Hall–Kier alpha value is -2.46. The summed E-state index contributed by atoms with van der Waals surface area (Å²) >= 11 is 0. The van der Waals surface area contributed by atoms with Gasteiger partial charge in [0.25, 0.3) is 0 Å². The number of hydrogen-bond donors (Lipinski definition) is 2. The molecular formula is C20H24F3N5O2. The minimum Gasteiger partial charge on any atom is -0.390 e. The Morgan fingerprint density at radius 3 is 2.53 bits per heavy atom. The van der Waals surface area contributed by atoms with Gasteiger partial charge in [0.2, 0.25) is 5.91 Å². The van der Waals surface area contributed by atoms with Gasteiger partial charge in [-0.2, -0.15) is 13.2 Å². The van der Waals surface area contributed by atoms with Crippen molar-refractivity contribution in [3.63, 3.8) is 0 Å². The van der Waals surface area contributed by atoms with E-state index in [0.29, 0.717) is 31.9 Å². The van der Waals surface area contributed by atoms with E-state index < -0.39 is 11.7 Å². The molecule has 2 N–H and O–H groups in total. The number of β-amino-alcohol motifs (C(OH)–C–C–N with tert-alkyl or cyclic N) is 1. The van der Waals surface area contributed by atoms with Crippen LogP contribution in [0.25, 0.3) is 11.0 Å². The zero-order valence-electron chi connectivity index (χ0n) is 16.6. The van der Waals surface area contributed by atoms with Crippen LogP contribution in [0, 0.1) is 5.92 Å². The van der Waals surface area contributed by atoms with Crippen molar-refractivity contribution in [1.82, 2.24) is 20.2 Å². The minimum atomic E-state index is -4.51. The van der Waals surface area contributed by atoms with Gasteiger partial charge in [-0.25, -0.2) is 0 Å². The van der Waals surface area contributed by atoms with Gasteiger partial charge in [-0.1, -0.05) is 6.92 Å². The van der Waals surface area contributed by atoms with E-state index in [1.807, 2.05) is 9.80 Å². The smallest absolute Gasteiger partial charge is 0.390 e. The van der Waals surface area contributed by atoms with Crippen molar-refractivity contribution in [2.45, 2.75) is 31.7 Å². The highest BCUT2D eigenvalue weighted by Gasteiger charge is 2.35. The SMILES string of the molecule is C[C@H]1C[C@@H](NC(=O)CN2CC(O)C2)CN(c2ccc(C(F)(F)F)c3nccnc23)C1. The number of aliphatic hydroxyl groups is 1. The number of carbonyl (C=O) groups is 1. The molecule has 1 aromatic carbocycles. The van der Waals surface area contributed by atoms with Crippen molar-refractivity contribution in [2.24, 2.45) is 5.92 Å². The lowest BCUT2D eigenvalue weighted by molar-refractivity contribution is -0.136. The Morgan fingerprint density at radius 2 is 1.87 bits per heavy atom. The summed E-state index contributed by atoms with van der Waals surface area (Å²) in [6, 6.07) is 2.37. The maximum absolute atomic E-state index is 13.4. The standard InChI is InChI=1S/C20H24F3N5O2/c1-12-6-13(26-17(30)11-27-9-14(29)10-27)8-28(7-12)16-3-2-15(20(21,22)23)18-19(16)25-5-4-24-18/h2-5,12-14,29H,6-11H2,1H3,(H,26,30)/t12-,13+/m0/s1. The molecule has 30 heavy (non-hydrogen) atoms. The summed E-state index contributed by atoms with van der Waals surface area (Å²) in [5.74, 6) is 0.127. The van der Waals surface area contributed by atoms with E-state index in [1.165, 1.54) is 18.5 Å². The van der Waals surface area contributed by atoms with Crippen LogP contribution in [-0.4, -0.2) is 70.8 Å². The number of benzene rings is 1. The second kappa shape index (κ2) is 7.99. The number of aliphatic hydroxyl groups excluding tert-OH is 1. The lowest BCUT2D eigenvalue weighted by atomic mass is 9.95. The lowest BCUT2D eigenvalue weighted by Crippen LogP contribution is -2.56. The molecule has 1 amide bonds. The summed E-state index contributed by atoms with van der Waals surface area (Å²) in [5, 5.41) is 12.4. The molecule has 2 aromatic rings. The van der Waals surface area contributed by atoms with Crippen molar-refractivity contribution in [2.75, 3.05) is 37.6 Å². The molecule has 0 saturated carbocycles. The minimum absolute atomic E-state index is 0.113. The summed E-state index contributed by atoms with van der Waals surface area (Å²) in [5.41, 5.74) is -0.178. The Bertz CT molecular complexity index is 932. The summed E-state index contributed by atoms with van der Waals surface area (Å²) in [4.78, 5) is 24.3. The maximum Gasteiger partial charge on any atom is 0.418 e. The molecule has 0 unspecified atom stereocenters. The van der Waals surface area contributed by atoms with Crippen LogP contribution in [0.5, 0.6) is 0 Å². The van der Waals surface area contributed by atoms with E-state index in [-0.39, 0.29) is 41.5 Å². The van der Waals surface area contributed by atoms with Gasteiger partial charge in [-0.05, 0) is 24.5 Å². The number of nitrogens with zero attached hydrogens (tertiary/aromatic N) is 4. The average Bonchev–Trinajstić information content (AvgIpc) is 2.64. The molecule has 3 heterocycles. The highest BCUT2D eigenvalue weighted by atomic mass is 19.4.